The van der Waals surface area contributed by atoms with Gasteiger partial charge in [-0.3, -0.25) is 0 Å². The number of urea groups is 1. The van der Waals surface area contributed by atoms with Gasteiger partial charge < -0.3 is 20.3 Å². The summed E-state index contributed by atoms with van der Waals surface area (Å²) in [5, 5.41) is 15.1. The van der Waals surface area contributed by atoms with E-state index >= 15 is 0 Å². The van der Waals surface area contributed by atoms with Crippen LogP contribution in [0.1, 0.15) is 31.5 Å². The predicted octanol–water partition coefficient (Wildman–Crippen LogP) is 2.20. The van der Waals surface area contributed by atoms with E-state index in [0.717, 1.165) is 42.5 Å². The average molecular weight is 330 g/mol. The quantitative estimate of drug-likeness (QED) is 0.786. The van der Waals surface area contributed by atoms with E-state index in [2.05, 4.69) is 26.3 Å². The third-order valence-electron chi connectivity index (χ3n) is 4.91. The maximum absolute atomic E-state index is 12.0. The van der Waals surface area contributed by atoms with Crippen LogP contribution in [-0.4, -0.2) is 39.9 Å². The number of imidazole rings is 1. The number of carbonyl (C=O) groups is 1. The van der Waals surface area contributed by atoms with Gasteiger partial charge in [-0.05, 0) is 50.7 Å². The van der Waals surface area contributed by atoms with Crippen LogP contribution in [-0.2, 0) is 6.54 Å². The molecule has 6 heteroatoms. The molecule has 0 unspecified atom stereocenters. The minimum Gasteiger partial charge on any atom is -0.396 e. The van der Waals surface area contributed by atoms with Crippen LogP contribution in [0.4, 0.5) is 4.79 Å². The maximum Gasteiger partial charge on any atom is 0.315 e. The molecule has 2 amide bonds. The van der Waals surface area contributed by atoms with Gasteiger partial charge in [0.05, 0.1) is 11.0 Å². The second-order valence-corrected chi connectivity index (χ2v) is 6.60. The number of rotatable bonds is 5. The van der Waals surface area contributed by atoms with Crippen LogP contribution < -0.4 is 10.6 Å². The number of fused-ring (bicyclic) bond motifs is 1. The number of para-hydroxylation sites is 2. The zero-order valence-corrected chi connectivity index (χ0v) is 14.2. The van der Waals surface area contributed by atoms with Gasteiger partial charge in [0, 0.05) is 25.7 Å². The Morgan fingerprint density at radius 3 is 2.79 bits per heavy atom. The summed E-state index contributed by atoms with van der Waals surface area (Å²) < 4.78 is 2.13. The van der Waals surface area contributed by atoms with E-state index in [9.17, 15) is 4.79 Å². The summed E-state index contributed by atoms with van der Waals surface area (Å²) >= 11 is 0. The van der Waals surface area contributed by atoms with E-state index in [1.807, 2.05) is 25.1 Å². The van der Waals surface area contributed by atoms with Crippen molar-refractivity contribution in [1.82, 2.24) is 20.2 Å². The number of hydrogen-bond acceptors (Lipinski definition) is 3. The van der Waals surface area contributed by atoms with Crippen molar-refractivity contribution in [2.75, 3.05) is 13.2 Å². The highest BCUT2D eigenvalue weighted by Gasteiger charge is 2.21. The van der Waals surface area contributed by atoms with Gasteiger partial charge >= 0.3 is 6.03 Å². The Bertz CT molecular complexity index is 689. The fourth-order valence-electron chi connectivity index (χ4n) is 3.49. The van der Waals surface area contributed by atoms with Crippen molar-refractivity contribution >= 4 is 17.1 Å². The summed E-state index contributed by atoms with van der Waals surface area (Å²) in [6.07, 6.45) is 3.87. The Hall–Kier alpha value is -2.08. The molecule has 1 heterocycles. The van der Waals surface area contributed by atoms with Crippen molar-refractivity contribution in [3.63, 3.8) is 0 Å². The lowest BCUT2D eigenvalue weighted by molar-refractivity contribution is 0.174. The first-order chi connectivity index (χ1) is 11.7. The Morgan fingerprint density at radius 1 is 1.29 bits per heavy atom. The van der Waals surface area contributed by atoms with Gasteiger partial charge in [0.15, 0.2) is 0 Å². The molecule has 0 atom stereocenters. The molecule has 0 spiro atoms. The monoisotopic (exact) mass is 330 g/mol. The Kier molecular flexibility index (Phi) is 5.35. The number of nitrogens with zero attached hydrogens (tertiary/aromatic N) is 2. The van der Waals surface area contributed by atoms with E-state index in [1.165, 1.54) is 0 Å². The van der Waals surface area contributed by atoms with Gasteiger partial charge in [0.1, 0.15) is 5.82 Å². The normalized spacial score (nSPS) is 20.9. The highest BCUT2D eigenvalue weighted by Crippen LogP contribution is 2.23. The third-order valence-corrected chi connectivity index (χ3v) is 4.91. The molecule has 2 aromatic rings. The van der Waals surface area contributed by atoms with E-state index in [0.29, 0.717) is 19.0 Å². The standard InChI is InChI=1S/C18H26N4O2/c1-13-20-16-4-2-3-5-17(16)22(13)11-10-19-18(24)21-15-8-6-14(12-23)7-9-15/h2-5,14-15,23H,6-12H2,1H3,(H2,19,21,24). The number of carbonyl (C=O) groups excluding carboxylic acids is 1. The predicted molar refractivity (Wildman–Crippen MR) is 93.8 cm³/mol. The highest BCUT2D eigenvalue weighted by molar-refractivity contribution is 5.76. The lowest BCUT2D eigenvalue weighted by Gasteiger charge is -2.28. The molecule has 3 N–H and O–H groups in total. The number of amides is 2. The summed E-state index contributed by atoms with van der Waals surface area (Å²) in [6, 6.07) is 8.16. The Balaban J connectivity index is 1.46. The number of nitrogens with one attached hydrogen (secondary N) is 2. The molecule has 1 aliphatic rings. The molecule has 0 radical (unpaired) electrons. The molecule has 1 aliphatic carbocycles. The largest absolute Gasteiger partial charge is 0.396 e. The van der Waals surface area contributed by atoms with Gasteiger partial charge in [-0.1, -0.05) is 12.1 Å². The van der Waals surface area contributed by atoms with Crippen LogP contribution in [0.2, 0.25) is 0 Å². The number of aliphatic hydroxyl groups is 1. The molecule has 1 fully saturated rings. The van der Waals surface area contributed by atoms with Gasteiger partial charge in [-0.15, -0.1) is 0 Å². The fourth-order valence-corrected chi connectivity index (χ4v) is 3.49. The molecular weight excluding hydrogens is 304 g/mol. The summed E-state index contributed by atoms with van der Waals surface area (Å²) in [7, 11) is 0. The lowest BCUT2D eigenvalue weighted by Crippen LogP contribution is -2.44. The fraction of sp³-hybridized carbons (Fsp3) is 0.556. The summed E-state index contributed by atoms with van der Waals surface area (Å²) in [5.41, 5.74) is 2.08. The Labute approximate surface area is 142 Å². The number of aryl methyl sites for hydroxylation is 1. The zero-order valence-electron chi connectivity index (χ0n) is 14.2. The minimum absolute atomic E-state index is 0.107. The molecular formula is C18H26N4O2. The van der Waals surface area contributed by atoms with Gasteiger partial charge in [-0.25, -0.2) is 9.78 Å². The number of benzene rings is 1. The van der Waals surface area contributed by atoms with Crippen molar-refractivity contribution in [3.05, 3.63) is 30.1 Å². The van der Waals surface area contributed by atoms with Crippen molar-refractivity contribution in [2.24, 2.45) is 5.92 Å². The lowest BCUT2D eigenvalue weighted by atomic mass is 9.87. The van der Waals surface area contributed by atoms with Gasteiger partial charge in [-0.2, -0.15) is 0 Å². The van der Waals surface area contributed by atoms with Crippen LogP contribution in [0, 0.1) is 12.8 Å². The van der Waals surface area contributed by atoms with Gasteiger partial charge in [0.25, 0.3) is 0 Å². The second-order valence-electron chi connectivity index (χ2n) is 6.60. The third kappa shape index (κ3) is 3.87. The van der Waals surface area contributed by atoms with Crippen molar-refractivity contribution < 1.29 is 9.90 Å². The summed E-state index contributed by atoms with van der Waals surface area (Å²) in [6.45, 7) is 3.52. The first kappa shape index (κ1) is 16.8. The van der Waals surface area contributed by atoms with E-state index < -0.39 is 0 Å². The minimum atomic E-state index is -0.107. The van der Waals surface area contributed by atoms with Crippen molar-refractivity contribution in [3.8, 4) is 0 Å². The van der Waals surface area contributed by atoms with Crippen LogP contribution >= 0.6 is 0 Å². The summed E-state index contributed by atoms with van der Waals surface area (Å²) in [4.78, 5) is 16.6. The maximum atomic E-state index is 12.0. The summed E-state index contributed by atoms with van der Waals surface area (Å²) in [5.74, 6) is 1.37. The number of aromatic nitrogens is 2. The SMILES string of the molecule is Cc1nc2ccccc2n1CCNC(=O)NC1CCC(CO)CC1. The zero-order chi connectivity index (χ0) is 16.9. The van der Waals surface area contributed by atoms with E-state index in [-0.39, 0.29) is 18.7 Å². The smallest absolute Gasteiger partial charge is 0.315 e. The molecule has 24 heavy (non-hydrogen) atoms. The first-order valence-electron chi connectivity index (χ1n) is 8.74. The number of hydrogen-bond donors (Lipinski definition) is 3. The molecule has 1 aromatic carbocycles. The number of aliphatic hydroxyl groups excluding tert-OH is 1. The second kappa shape index (κ2) is 7.66. The average Bonchev–Trinajstić information content (AvgIpc) is 2.91. The molecule has 130 valence electrons. The van der Waals surface area contributed by atoms with E-state index in [4.69, 9.17) is 5.11 Å². The molecule has 1 aromatic heterocycles. The van der Waals surface area contributed by atoms with Crippen LogP contribution in [0.5, 0.6) is 0 Å². The molecule has 0 aliphatic heterocycles. The highest BCUT2D eigenvalue weighted by atomic mass is 16.3. The van der Waals surface area contributed by atoms with Crippen LogP contribution in [0.15, 0.2) is 24.3 Å². The molecule has 0 saturated heterocycles. The molecule has 3 rings (SSSR count). The molecule has 1 saturated carbocycles. The Morgan fingerprint density at radius 2 is 2.04 bits per heavy atom. The van der Waals surface area contributed by atoms with Crippen molar-refractivity contribution in [1.29, 1.82) is 0 Å². The first-order valence-corrected chi connectivity index (χ1v) is 8.74. The molecule has 6 nitrogen and oxygen atoms in total. The van der Waals surface area contributed by atoms with Crippen LogP contribution in [0.25, 0.3) is 11.0 Å². The van der Waals surface area contributed by atoms with Crippen LogP contribution in [0.3, 0.4) is 0 Å². The van der Waals surface area contributed by atoms with Crippen molar-refractivity contribution in [2.45, 2.75) is 45.2 Å². The molecule has 0 bridgehead atoms. The van der Waals surface area contributed by atoms with E-state index in [1.54, 1.807) is 0 Å². The van der Waals surface area contributed by atoms with Gasteiger partial charge in [0.2, 0.25) is 0 Å². The topological polar surface area (TPSA) is 79.2 Å².